The van der Waals surface area contributed by atoms with E-state index in [1.54, 1.807) is 12.1 Å². The number of hydrogen-bond donors (Lipinski definition) is 0. The van der Waals surface area contributed by atoms with Gasteiger partial charge in [-0.3, -0.25) is 0 Å². The van der Waals surface area contributed by atoms with E-state index in [4.69, 9.17) is 23.1 Å². The van der Waals surface area contributed by atoms with Gasteiger partial charge in [-0.15, -0.1) is 0 Å². The highest BCUT2D eigenvalue weighted by Crippen LogP contribution is 2.27. The summed E-state index contributed by atoms with van der Waals surface area (Å²) < 4.78 is 28.8. The molecule has 0 heterocycles. The van der Waals surface area contributed by atoms with Crippen molar-refractivity contribution in [2.75, 3.05) is 26.4 Å². The summed E-state index contributed by atoms with van der Waals surface area (Å²) in [5.41, 5.74) is 6.70. The van der Waals surface area contributed by atoms with Crippen molar-refractivity contribution in [2.24, 2.45) is 0 Å². The molecule has 0 spiro atoms. The number of benzene rings is 4. The van der Waals surface area contributed by atoms with E-state index in [0.29, 0.717) is 30.6 Å². The van der Waals surface area contributed by atoms with Crippen LogP contribution in [0.25, 0.3) is 22.3 Å². The highest BCUT2D eigenvalue weighted by Gasteiger charge is 2.32. The topological polar surface area (TPSA) is 97.4 Å². The molecule has 0 N–H and O–H groups in total. The molecule has 0 aliphatic rings. The molecule has 0 aliphatic heterocycles. The zero-order valence-corrected chi connectivity index (χ0v) is 45.7. The number of hydrogen-bond acceptors (Lipinski definition) is 8. The Labute approximate surface area is 424 Å². The molecule has 4 rings (SSSR count). The van der Waals surface area contributed by atoms with Crippen molar-refractivity contribution in [1.29, 1.82) is 0 Å². The van der Waals surface area contributed by atoms with Gasteiger partial charge in [0.25, 0.3) is 0 Å². The fraction of sp³-hybridized carbons (Fsp3) is 0.517. The molecule has 4 aromatic carbocycles. The van der Waals surface area contributed by atoms with E-state index in [1.165, 1.54) is 114 Å². The van der Waals surface area contributed by atoms with E-state index in [-0.39, 0.29) is 25.2 Å². The number of carbonyl (C=O) groups is 3. The lowest BCUT2D eigenvalue weighted by molar-refractivity contribution is -0.137. The summed E-state index contributed by atoms with van der Waals surface area (Å²) in [7, 11) is -3.26. The molecule has 0 amide bonds. The van der Waals surface area contributed by atoms with Crippen LogP contribution in [0, 0.1) is 6.92 Å². The summed E-state index contributed by atoms with van der Waals surface area (Å²) in [5, 5.41) is 0. The molecule has 0 aliphatic carbocycles. The second-order valence-corrected chi connectivity index (χ2v) is 29.1. The zero-order valence-electron chi connectivity index (χ0n) is 43.7. The fourth-order valence-electron chi connectivity index (χ4n) is 8.84. The molecule has 0 saturated heterocycles. The summed E-state index contributed by atoms with van der Waals surface area (Å²) in [6, 6.07) is 34.3. The lowest BCUT2D eigenvalue weighted by Crippen LogP contribution is -2.44. The van der Waals surface area contributed by atoms with Crippen LogP contribution in [-0.2, 0) is 23.1 Å². The van der Waals surface area contributed by atoms with E-state index >= 15 is 0 Å². The van der Waals surface area contributed by atoms with Gasteiger partial charge in [-0.1, -0.05) is 176 Å². The van der Waals surface area contributed by atoms with Crippen LogP contribution in [-0.4, -0.2) is 61.0 Å². The summed E-state index contributed by atoms with van der Waals surface area (Å²) in [4.78, 5) is 36.0. The van der Waals surface area contributed by atoms with Crippen LogP contribution in [0.2, 0.25) is 38.3 Å². The molecule has 382 valence electrons. The Kier molecular flexibility index (Phi) is 27.2. The zero-order chi connectivity index (χ0) is 50.3. The van der Waals surface area contributed by atoms with Crippen molar-refractivity contribution < 1.29 is 37.4 Å². The standard InChI is InChI=1S/C60H86O8Si2/c1-7-58(61)65-45-24-25-47-67-60(63)56-38-34-53(35-39-56)54-40-42-57(43-41-54)64-44-22-18-14-10-8-12-16-20-26-48-69(3,4)68-70(5,6)49-27-21-17-13-9-11-15-19-23-46-66-59(62)55-36-32-52(33-37-55)51-30-28-50(2)29-31-51/h7,28-43H,1,8-27,44-49H2,2-6H3. The molecule has 10 heteroatoms. The van der Waals surface area contributed by atoms with Gasteiger partial charge in [-0.05, 0) is 130 Å². The van der Waals surface area contributed by atoms with Crippen molar-refractivity contribution in [3.63, 3.8) is 0 Å². The van der Waals surface area contributed by atoms with E-state index < -0.39 is 22.6 Å². The van der Waals surface area contributed by atoms with E-state index in [2.05, 4.69) is 76.1 Å². The summed E-state index contributed by atoms with van der Waals surface area (Å²) in [6.45, 7) is 17.0. The minimum Gasteiger partial charge on any atom is -0.494 e. The van der Waals surface area contributed by atoms with Gasteiger partial charge in [0.15, 0.2) is 16.6 Å². The Balaban J connectivity index is 0.904. The van der Waals surface area contributed by atoms with Crippen LogP contribution in [0.15, 0.2) is 110 Å². The van der Waals surface area contributed by atoms with E-state index in [9.17, 15) is 14.4 Å². The molecule has 0 atom stereocenters. The quantitative estimate of drug-likeness (QED) is 0.0145. The highest BCUT2D eigenvalue weighted by molar-refractivity contribution is 6.84. The molecule has 0 aromatic heterocycles. The summed E-state index contributed by atoms with van der Waals surface area (Å²) in [6.07, 6.45) is 24.9. The molecule has 0 fully saturated rings. The molecule has 4 aromatic rings. The second-order valence-electron chi connectivity index (χ2n) is 20.2. The first-order valence-electron chi connectivity index (χ1n) is 26.7. The van der Waals surface area contributed by atoms with Gasteiger partial charge in [0, 0.05) is 6.08 Å². The van der Waals surface area contributed by atoms with Crippen LogP contribution in [0.3, 0.4) is 0 Å². The SMILES string of the molecule is C=CC(=O)OCCCCOC(=O)c1ccc(-c2ccc(OCCCCCCCCCCC[Si](C)(C)O[Si](C)(C)CCCCCCCCCCCOC(=O)c3ccc(-c4ccc(C)cc4)cc3)cc2)cc1. The molecule has 0 radical (unpaired) electrons. The maximum absolute atomic E-state index is 12.5. The van der Waals surface area contributed by atoms with Crippen LogP contribution in [0.1, 0.15) is 155 Å². The first kappa shape index (κ1) is 57.8. The maximum atomic E-state index is 12.5. The Hall–Kier alpha value is -4.78. The fourth-order valence-corrected chi connectivity index (χ4v) is 17.8. The highest BCUT2D eigenvalue weighted by atomic mass is 28.4. The van der Waals surface area contributed by atoms with Crippen LogP contribution >= 0.6 is 0 Å². The molecule has 0 unspecified atom stereocenters. The number of rotatable bonds is 37. The number of esters is 3. The van der Waals surface area contributed by atoms with Crippen LogP contribution < -0.4 is 4.74 Å². The van der Waals surface area contributed by atoms with E-state index in [1.807, 2.05) is 48.5 Å². The number of unbranched alkanes of at least 4 members (excludes halogenated alkanes) is 17. The molecule has 8 nitrogen and oxygen atoms in total. The monoisotopic (exact) mass is 991 g/mol. The minimum absolute atomic E-state index is 0.229. The van der Waals surface area contributed by atoms with Gasteiger partial charge in [0.1, 0.15) is 5.75 Å². The van der Waals surface area contributed by atoms with Crippen molar-refractivity contribution in [3.8, 4) is 28.0 Å². The first-order chi connectivity index (χ1) is 33.8. The third-order valence-electron chi connectivity index (χ3n) is 12.9. The van der Waals surface area contributed by atoms with E-state index in [0.717, 1.165) is 59.9 Å². The minimum atomic E-state index is -1.63. The number of aryl methyl sites for hydroxylation is 1. The molecule has 0 saturated carbocycles. The molecule has 0 bridgehead atoms. The van der Waals surface area contributed by atoms with Gasteiger partial charge >= 0.3 is 17.9 Å². The summed E-state index contributed by atoms with van der Waals surface area (Å²) >= 11 is 0. The van der Waals surface area contributed by atoms with Crippen molar-refractivity contribution in [2.45, 2.75) is 174 Å². The normalized spacial score (nSPS) is 11.6. The Morgan fingerprint density at radius 1 is 0.414 bits per heavy atom. The predicted molar refractivity (Wildman–Crippen MR) is 294 cm³/mol. The van der Waals surface area contributed by atoms with Crippen LogP contribution in [0.5, 0.6) is 5.75 Å². The smallest absolute Gasteiger partial charge is 0.338 e. The third-order valence-corrected chi connectivity index (χ3v) is 20.4. The average Bonchev–Trinajstić information content (AvgIpc) is 3.35. The maximum Gasteiger partial charge on any atom is 0.338 e. The second kappa shape index (κ2) is 33.0. The lowest BCUT2D eigenvalue weighted by Gasteiger charge is -2.34. The Bertz CT molecular complexity index is 2080. The average molecular weight is 992 g/mol. The molecular weight excluding hydrogens is 905 g/mol. The molecular formula is C60H86O8Si2. The third kappa shape index (κ3) is 24.4. The first-order valence-corrected chi connectivity index (χ1v) is 32.9. The van der Waals surface area contributed by atoms with Crippen LogP contribution in [0.4, 0.5) is 0 Å². The largest absolute Gasteiger partial charge is 0.494 e. The Morgan fingerprint density at radius 2 is 0.729 bits per heavy atom. The van der Waals surface area contributed by atoms with Crippen molar-refractivity contribution in [3.05, 3.63) is 126 Å². The number of carbonyl (C=O) groups excluding carboxylic acids is 3. The summed E-state index contributed by atoms with van der Waals surface area (Å²) in [5.74, 6) is -0.159. The Morgan fingerprint density at radius 3 is 1.13 bits per heavy atom. The van der Waals surface area contributed by atoms with Gasteiger partial charge < -0.3 is 23.1 Å². The van der Waals surface area contributed by atoms with Crippen molar-refractivity contribution >= 4 is 34.5 Å². The van der Waals surface area contributed by atoms with Gasteiger partial charge in [0.2, 0.25) is 0 Å². The lowest BCUT2D eigenvalue weighted by atomic mass is 10.0. The number of ether oxygens (including phenoxy) is 4. The molecule has 70 heavy (non-hydrogen) atoms. The van der Waals surface area contributed by atoms with Crippen molar-refractivity contribution in [1.82, 2.24) is 0 Å². The van der Waals surface area contributed by atoms with Gasteiger partial charge in [-0.25, -0.2) is 14.4 Å². The van der Waals surface area contributed by atoms with Gasteiger partial charge in [-0.2, -0.15) is 0 Å². The predicted octanol–water partition coefficient (Wildman–Crippen LogP) is 16.7. The van der Waals surface area contributed by atoms with Gasteiger partial charge in [0.05, 0.1) is 37.6 Å².